The quantitative estimate of drug-likeness (QED) is 0.664. The van der Waals surface area contributed by atoms with Gasteiger partial charge in [-0.15, -0.1) is 0 Å². The molecule has 2 aromatic rings. The van der Waals surface area contributed by atoms with Crippen LogP contribution in [0, 0.1) is 11.2 Å². The summed E-state index contributed by atoms with van der Waals surface area (Å²) in [5.41, 5.74) is 0.575. The van der Waals surface area contributed by atoms with E-state index in [1.54, 1.807) is 0 Å². The van der Waals surface area contributed by atoms with Gasteiger partial charge in [-0.1, -0.05) is 35.3 Å². The summed E-state index contributed by atoms with van der Waals surface area (Å²) in [5.74, 6) is -0.0737. The van der Waals surface area contributed by atoms with Gasteiger partial charge >= 0.3 is 0 Å². The average Bonchev–Trinajstić information content (AvgIpc) is 3.21. The van der Waals surface area contributed by atoms with E-state index in [0.717, 1.165) is 25.6 Å². The van der Waals surface area contributed by atoms with Gasteiger partial charge in [0, 0.05) is 35.6 Å². The third-order valence-corrected chi connectivity index (χ3v) is 7.52. The minimum Gasteiger partial charge on any atom is -0.484 e. The highest BCUT2D eigenvalue weighted by Gasteiger charge is 2.72. The first-order valence-corrected chi connectivity index (χ1v) is 11.5. The van der Waals surface area contributed by atoms with E-state index in [1.807, 2.05) is 29.2 Å². The third kappa shape index (κ3) is 3.84. The molecule has 0 aromatic heterocycles. The minimum atomic E-state index is -0.593. The highest BCUT2D eigenvalue weighted by Crippen LogP contribution is 2.68. The van der Waals surface area contributed by atoms with Crippen LogP contribution in [0.5, 0.6) is 5.75 Å². The second-order valence-corrected chi connectivity index (χ2v) is 10.1. The van der Waals surface area contributed by atoms with Crippen molar-refractivity contribution >= 4 is 35.0 Å². The van der Waals surface area contributed by atoms with Crippen molar-refractivity contribution in [3.05, 3.63) is 63.9 Å². The molecule has 0 spiro atoms. The molecule has 0 radical (unpaired) electrons. The molecule has 1 N–H and O–H groups in total. The Hall–Kier alpha value is -2.31. The van der Waals surface area contributed by atoms with Crippen LogP contribution in [-0.4, -0.2) is 41.9 Å². The molecule has 5 nitrogen and oxygen atoms in total. The Kier molecular flexibility index (Phi) is 5.33. The second-order valence-electron chi connectivity index (χ2n) is 9.29. The molecule has 3 aliphatic carbocycles. The minimum absolute atomic E-state index is 0.00289. The summed E-state index contributed by atoms with van der Waals surface area (Å²) >= 11 is 11.6. The number of rotatable bonds is 6. The van der Waals surface area contributed by atoms with Crippen molar-refractivity contribution in [3.8, 4) is 5.75 Å². The summed E-state index contributed by atoms with van der Waals surface area (Å²) in [5, 5.41) is 3.72. The maximum atomic E-state index is 13.5. The Morgan fingerprint density at radius 1 is 1.12 bits per heavy atom. The number of carbonyl (C=O) groups is 2. The van der Waals surface area contributed by atoms with E-state index >= 15 is 0 Å². The number of nitrogens with zero attached hydrogens (tertiary/aromatic N) is 1. The Labute approximate surface area is 195 Å². The van der Waals surface area contributed by atoms with E-state index in [0.29, 0.717) is 30.2 Å². The number of amides is 2. The Balaban J connectivity index is 1.10. The molecule has 4 aliphatic rings. The highest BCUT2D eigenvalue weighted by atomic mass is 35.5. The van der Waals surface area contributed by atoms with Crippen molar-refractivity contribution in [1.29, 1.82) is 0 Å². The van der Waals surface area contributed by atoms with Crippen LogP contribution in [0.25, 0.3) is 0 Å². The number of halogens is 3. The van der Waals surface area contributed by atoms with Crippen molar-refractivity contribution in [3.63, 3.8) is 0 Å². The van der Waals surface area contributed by atoms with Gasteiger partial charge in [0.15, 0.2) is 6.61 Å². The highest BCUT2D eigenvalue weighted by molar-refractivity contribution is 6.30. The normalized spacial score (nSPS) is 28.0. The summed E-state index contributed by atoms with van der Waals surface area (Å²) in [6.07, 6.45) is 2.96. The lowest BCUT2D eigenvalue weighted by atomic mass is 9.39. The molecule has 8 heteroatoms. The number of likely N-dealkylation sites (tertiary alicyclic amines) is 1. The van der Waals surface area contributed by atoms with Gasteiger partial charge in [-0.25, -0.2) is 4.39 Å². The molecule has 32 heavy (non-hydrogen) atoms. The van der Waals surface area contributed by atoms with Crippen LogP contribution < -0.4 is 10.1 Å². The van der Waals surface area contributed by atoms with Crippen molar-refractivity contribution in [2.75, 3.05) is 19.7 Å². The summed E-state index contributed by atoms with van der Waals surface area (Å²) in [6.45, 7) is 1.28. The smallest absolute Gasteiger partial charge is 0.258 e. The maximum absolute atomic E-state index is 13.5. The van der Waals surface area contributed by atoms with E-state index in [4.69, 9.17) is 27.9 Å². The third-order valence-electron chi connectivity index (χ3n) is 6.97. The lowest BCUT2D eigenvalue weighted by Gasteiger charge is -2.69. The predicted octanol–water partition coefficient (Wildman–Crippen LogP) is 4.57. The number of hydrogen-bond acceptors (Lipinski definition) is 3. The molecule has 2 bridgehead atoms. The molecule has 4 fully saturated rings. The Bertz CT molecular complexity index is 1060. The number of carbonyl (C=O) groups excluding carboxylic acids is 2. The van der Waals surface area contributed by atoms with Crippen LogP contribution in [-0.2, 0) is 9.59 Å². The first-order chi connectivity index (χ1) is 15.3. The second kappa shape index (κ2) is 7.92. The van der Waals surface area contributed by atoms with Gasteiger partial charge in [0.1, 0.15) is 11.6 Å². The molecule has 1 heterocycles. The van der Waals surface area contributed by atoms with Crippen molar-refractivity contribution in [2.24, 2.45) is 5.41 Å². The van der Waals surface area contributed by atoms with Gasteiger partial charge in [-0.2, -0.15) is 0 Å². The Morgan fingerprint density at radius 2 is 1.84 bits per heavy atom. The summed E-state index contributed by atoms with van der Waals surface area (Å²) < 4.78 is 18.8. The van der Waals surface area contributed by atoms with E-state index in [9.17, 15) is 14.0 Å². The fourth-order valence-corrected chi connectivity index (χ4v) is 5.73. The molecular formula is C24H23Cl2FN2O3. The number of ether oxygens (including phenoxy) is 1. The van der Waals surface area contributed by atoms with Gasteiger partial charge in [-0.3, -0.25) is 9.59 Å². The van der Waals surface area contributed by atoms with Crippen molar-refractivity contribution in [1.82, 2.24) is 10.2 Å². The molecule has 1 saturated heterocycles. The van der Waals surface area contributed by atoms with Crippen LogP contribution in [0.15, 0.2) is 42.5 Å². The van der Waals surface area contributed by atoms with E-state index in [2.05, 4.69) is 5.32 Å². The molecule has 168 valence electrons. The molecule has 3 saturated carbocycles. The van der Waals surface area contributed by atoms with Gasteiger partial charge in [0.25, 0.3) is 5.91 Å². The van der Waals surface area contributed by atoms with Crippen LogP contribution in [0.3, 0.4) is 0 Å². The van der Waals surface area contributed by atoms with Crippen LogP contribution in [0.4, 0.5) is 4.39 Å². The number of nitrogens with one attached hydrogen (secondary N) is 1. The fraction of sp³-hybridized carbons (Fsp3) is 0.417. The maximum Gasteiger partial charge on any atom is 0.258 e. The standard InChI is InChI=1S/C24H23Cl2FN2O3/c25-17-3-1-15(2-4-17)16-7-8-29(10-16)22(31)23-12-24(13-23,14-23)28-21(30)11-32-18-5-6-19(26)20(27)9-18/h1-6,9,16H,7-8,10-14H2,(H,28,30). The molecule has 2 amide bonds. The zero-order valence-electron chi connectivity index (χ0n) is 17.4. The lowest BCUT2D eigenvalue weighted by molar-refractivity contribution is -0.192. The topological polar surface area (TPSA) is 58.6 Å². The van der Waals surface area contributed by atoms with Gasteiger partial charge in [-0.05, 0) is 55.5 Å². The van der Waals surface area contributed by atoms with Crippen LogP contribution in [0.2, 0.25) is 10.0 Å². The molecule has 6 rings (SSSR count). The first kappa shape index (κ1) is 21.5. The largest absolute Gasteiger partial charge is 0.484 e. The van der Waals surface area contributed by atoms with Gasteiger partial charge in [0.2, 0.25) is 5.91 Å². The number of hydrogen-bond donors (Lipinski definition) is 1. The van der Waals surface area contributed by atoms with Gasteiger partial charge < -0.3 is 15.0 Å². The molecule has 1 atom stereocenters. The van der Waals surface area contributed by atoms with E-state index < -0.39 is 5.82 Å². The van der Waals surface area contributed by atoms with Crippen LogP contribution in [0.1, 0.15) is 37.2 Å². The van der Waals surface area contributed by atoms with E-state index in [-0.39, 0.29) is 40.1 Å². The summed E-state index contributed by atoms with van der Waals surface area (Å²) in [6, 6.07) is 11.9. The first-order valence-electron chi connectivity index (χ1n) is 10.7. The van der Waals surface area contributed by atoms with Crippen molar-refractivity contribution < 1.29 is 18.7 Å². The van der Waals surface area contributed by atoms with E-state index in [1.165, 1.54) is 17.7 Å². The zero-order chi connectivity index (χ0) is 22.5. The SMILES string of the molecule is O=C(COc1ccc(Cl)c(F)c1)NC12CC(C(=O)N3CCC(c4ccc(Cl)cc4)C3)(C1)C2. The number of benzene rings is 2. The average molecular weight is 477 g/mol. The molecule has 1 unspecified atom stereocenters. The monoisotopic (exact) mass is 476 g/mol. The predicted molar refractivity (Wildman–Crippen MR) is 119 cm³/mol. The fourth-order valence-electron chi connectivity index (χ4n) is 5.48. The van der Waals surface area contributed by atoms with Gasteiger partial charge in [0.05, 0.1) is 10.4 Å². The molecular weight excluding hydrogens is 454 g/mol. The van der Waals surface area contributed by atoms with Crippen molar-refractivity contribution in [2.45, 2.75) is 37.1 Å². The lowest BCUT2D eigenvalue weighted by Crippen LogP contribution is -2.78. The Morgan fingerprint density at radius 3 is 2.53 bits per heavy atom. The molecule has 1 aliphatic heterocycles. The zero-order valence-corrected chi connectivity index (χ0v) is 18.9. The van der Waals surface area contributed by atoms with Crippen LogP contribution >= 0.6 is 23.2 Å². The summed E-state index contributed by atoms with van der Waals surface area (Å²) in [4.78, 5) is 27.4. The molecule has 2 aromatic carbocycles. The summed E-state index contributed by atoms with van der Waals surface area (Å²) in [7, 11) is 0.